The zero-order valence-electron chi connectivity index (χ0n) is 25.2. The molecule has 9 heteroatoms. The number of carbonyl (C=O) groups excluding carboxylic acids is 4. The lowest BCUT2D eigenvalue weighted by Crippen LogP contribution is -2.40. The van der Waals surface area contributed by atoms with Crippen molar-refractivity contribution in [3.63, 3.8) is 0 Å². The minimum absolute atomic E-state index is 0.0259. The number of aryl methyl sites for hydroxylation is 1. The molecule has 0 bridgehead atoms. The van der Waals surface area contributed by atoms with Gasteiger partial charge in [0, 0.05) is 12.5 Å². The van der Waals surface area contributed by atoms with Crippen LogP contribution in [0.15, 0.2) is 48.5 Å². The van der Waals surface area contributed by atoms with Crippen LogP contribution in [0.2, 0.25) is 0 Å². The van der Waals surface area contributed by atoms with Gasteiger partial charge in [0.1, 0.15) is 5.75 Å². The smallest absolute Gasteiger partial charge is 0.338 e. The molecule has 42 heavy (non-hydrogen) atoms. The second kappa shape index (κ2) is 20.1. The summed E-state index contributed by atoms with van der Waals surface area (Å²) in [5.41, 5.74) is 2.57. The maximum Gasteiger partial charge on any atom is 0.338 e. The Balaban J connectivity index is 1.79. The predicted octanol–water partition coefficient (Wildman–Crippen LogP) is 4.80. The normalized spacial score (nSPS) is 11.3. The van der Waals surface area contributed by atoms with E-state index in [4.69, 9.17) is 14.2 Å². The van der Waals surface area contributed by atoms with E-state index in [1.54, 1.807) is 19.2 Å². The third-order valence-corrected chi connectivity index (χ3v) is 6.80. The van der Waals surface area contributed by atoms with Crippen LogP contribution in [0, 0.1) is 5.92 Å². The van der Waals surface area contributed by atoms with Crippen LogP contribution >= 0.6 is 0 Å². The monoisotopic (exact) mass is 582 g/mol. The number of ether oxygens (including phenoxy) is 3. The van der Waals surface area contributed by atoms with E-state index in [0.717, 1.165) is 49.0 Å². The van der Waals surface area contributed by atoms with Crippen LogP contribution in [0.25, 0.3) is 0 Å². The van der Waals surface area contributed by atoms with Crippen LogP contribution in [0.5, 0.6) is 5.75 Å². The molecule has 0 heterocycles. The van der Waals surface area contributed by atoms with Crippen molar-refractivity contribution in [2.75, 3.05) is 33.4 Å². The molecule has 0 fully saturated rings. The number of rotatable bonds is 20. The van der Waals surface area contributed by atoms with E-state index >= 15 is 0 Å². The van der Waals surface area contributed by atoms with E-state index in [1.807, 2.05) is 50.2 Å². The standard InChI is InChI=1S/C33H46N2O7/c1-4-6-21-41-31(37)23-28(10-8-9-25-13-17-29(40-3)18-14-25)32(38)35-24-30(36)34-20-19-26-11-15-27(16-12-26)33(39)42-22-7-5-2/h11-18,28H,4-10,19-24H2,1-3H3,(H,34,36)(H,35,38)/t28-/m1/s1. The Kier molecular flexibility index (Phi) is 16.4. The van der Waals surface area contributed by atoms with Gasteiger partial charge in [0.25, 0.3) is 0 Å². The summed E-state index contributed by atoms with van der Waals surface area (Å²) in [6, 6.07) is 14.8. The molecule has 0 unspecified atom stereocenters. The highest BCUT2D eigenvalue weighted by molar-refractivity contribution is 5.89. The van der Waals surface area contributed by atoms with Crippen molar-refractivity contribution in [2.45, 2.75) is 71.6 Å². The fourth-order valence-electron chi connectivity index (χ4n) is 4.18. The van der Waals surface area contributed by atoms with Crippen LogP contribution in [0.4, 0.5) is 0 Å². The van der Waals surface area contributed by atoms with Crippen molar-refractivity contribution < 1.29 is 33.4 Å². The molecule has 0 saturated carbocycles. The van der Waals surface area contributed by atoms with Gasteiger partial charge in [0.2, 0.25) is 11.8 Å². The maximum absolute atomic E-state index is 13.0. The number of unbranched alkanes of at least 4 members (excludes halogenated alkanes) is 2. The second-order valence-electron chi connectivity index (χ2n) is 10.2. The molecule has 9 nitrogen and oxygen atoms in total. The van der Waals surface area contributed by atoms with Gasteiger partial charge >= 0.3 is 11.9 Å². The van der Waals surface area contributed by atoms with Gasteiger partial charge in [-0.25, -0.2) is 4.79 Å². The fraction of sp³-hybridized carbons (Fsp3) is 0.515. The lowest BCUT2D eigenvalue weighted by atomic mass is 9.95. The molecular weight excluding hydrogens is 536 g/mol. The molecule has 0 radical (unpaired) electrons. The Labute approximate surface area is 249 Å². The molecule has 0 aliphatic carbocycles. The summed E-state index contributed by atoms with van der Waals surface area (Å²) < 4.78 is 15.7. The third kappa shape index (κ3) is 13.7. The Morgan fingerprint density at radius 2 is 1.38 bits per heavy atom. The number of nitrogens with one attached hydrogen (secondary N) is 2. The number of carbonyl (C=O) groups is 4. The average molecular weight is 583 g/mol. The van der Waals surface area contributed by atoms with E-state index in [-0.39, 0.29) is 30.7 Å². The molecular formula is C33H46N2O7. The molecule has 1 atom stereocenters. The Morgan fingerprint density at radius 1 is 0.762 bits per heavy atom. The average Bonchev–Trinajstić information content (AvgIpc) is 3.00. The zero-order chi connectivity index (χ0) is 30.6. The molecule has 2 rings (SSSR count). The largest absolute Gasteiger partial charge is 0.497 e. The van der Waals surface area contributed by atoms with Crippen molar-refractivity contribution in [3.05, 3.63) is 65.2 Å². The molecule has 0 aliphatic rings. The summed E-state index contributed by atoms with van der Waals surface area (Å²) in [5.74, 6) is -1.21. The lowest BCUT2D eigenvalue weighted by molar-refractivity contribution is -0.147. The zero-order valence-corrected chi connectivity index (χ0v) is 25.2. The van der Waals surface area contributed by atoms with E-state index in [2.05, 4.69) is 10.6 Å². The fourth-order valence-corrected chi connectivity index (χ4v) is 4.18. The van der Waals surface area contributed by atoms with Gasteiger partial charge in [-0.1, -0.05) is 51.0 Å². The first-order valence-electron chi connectivity index (χ1n) is 14.9. The Hall–Kier alpha value is -3.88. The van der Waals surface area contributed by atoms with Gasteiger partial charge in [-0.05, 0) is 73.9 Å². The Morgan fingerprint density at radius 3 is 2.02 bits per heavy atom. The molecule has 0 aliphatic heterocycles. The van der Waals surface area contributed by atoms with Gasteiger partial charge in [-0.2, -0.15) is 0 Å². The van der Waals surface area contributed by atoms with Gasteiger partial charge in [0.05, 0.1) is 38.9 Å². The summed E-state index contributed by atoms with van der Waals surface area (Å²) in [5, 5.41) is 5.48. The van der Waals surface area contributed by atoms with Crippen LogP contribution < -0.4 is 15.4 Å². The van der Waals surface area contributed by atoms with E-state index in [9.17, 15) is 19.2 Å². The van der Waals surface area contributed by atoms with E-state index in [0.29, 0.717) is 44.6 Å². The van der Waals surface area contributed by atoms with Gasteiger partial charge in [-0.3, -0.25) is 14.4 Å². The molecule has 0 spiro atoms. The molecule has 2 aromatic rings. The highest BCUT2D eigenvalue weighted by Crippen LogP contribution is 2.18. The third-order valence-electron chi connectivity index (χ3n) is 6.80. The summed E-state index contributed by atoms with van der Waals surface area (Å²) in [7, 11) is 1.62. The first-order chi connectivity index (χ1) is 20.4. The molecule has 0 saturated heterocycles. The minimum atomic E-state index is -0.586. The van der Waals surface area contributed by atoms with Crippen molar-refractivity contribution in [1.82, 2.24) is 10.6 Å². The second-order valence-corrected chi connectivity index (χ2v) is 10.2. The molecule has 0 aromatic heterocycles. The molecule has 2 amide bonds. The molecule has 230 valence electrons. The number of hydrogen-bond donors (Lipinski definition) is 2. The highest BCUT2D eigenvalue weighted by atomic mass is 16.5. The minimum Gasteiger partial charge on any atom is -0.497 e. The molecule has 2 N–H and O–H groups in total. The van der Waals surface area contributed by atoms with Gasteiger partial charge in [0.15, 0.2) is 0 Å². The number of esters is 2. The summed E-state index contributed by atoms with van der Waals surface area (Å²) in [6.45, 7) is 4.99. The Bertz CT molecular complexity index is 1100. The van der Waals surface area contributed by atoms with Crippen LogP contribution in [-0.2, 0) is 36.7 Å². The number of hydrogen-bond acceptors (Lipinski definition) is 7. The van der Waals surface area contributed by atoms with Crippen LogP contribution in [0.3, 0.4) is 0 Å². The number of methoxy groups -OCH3 is 1. The van der Waals surface area contributed by atoms with E-state index in [1.165, 1.54) is 0 Å². The molecule has 2 aromatic carbocycles. The first kappa shape index (κ1) is 34.3. The quantitative estimate of drug-likeness (QED) is 0.170. The van der Waals surface area contributed by atoms with Gasteiger partial charge < -0.3 is 24.8 Å². The summed E-state index contributed by atoms with van der Waals surface area (Å²) >= 11 is 0. The number of amides is 2. The topological polar surface area (TPSA) is 120 Å². The van der Waals surface area contributed by atoms with Crippen LogP contribution in [0.1, 0.15) is 80.3 Å². The maximum atomic E-state index is 13.0. The highest BCUT2D eigenvalue weighted by Gasteiger charge is 2.23. The summed E-state index contributed by atoms with van der Waals surface area (Å²) in [4.78, 5) is 49.7. The van der Waals surface area contributed by atoms with Crippen molar-refractivity contribution in [3.8, 4) is 5.75 Å². The first-order valence-corrected chi connectivity index (χ1v) is 14.9. The lowest BCUT2D eigenvalue weighted by Gasteiger charge is -2.16. The van der Waals surface area contributed by atoms with Gasteiger partial charge in [-0.15, -0.1) is 0 Å². The van der Waals surface area contributed by atoms with E-state index < -0.39 is 11.9 Å². The number of benzene rings is 2. The van der Waals surface area contributed by atoms with Crippen molar-refractivity contribution >= 4 is 23.8 Å². The predicted molar refractivity (Wildman–Crippen MR) is 161 cm³/mol. The summed E-state index contributed by atoms with van der Waals surface area (Å²) in [6.07, 6.45) is 5.97. The SMILES string of the molecule is CCCCOC(=O)C[C@@H](CCCc1ccc(OC)cc1)C(=O)NCC(=O)NCCc1ccc(C(=O)OCCCC)cc1. The van der Waals surface area contributed by atoms with Crippen molar-refractivity contribution in [2.24, 2.45) is 5.92 Å². The van der Waals surface area contributed by atoms with Crippen LogP contribution in [-0.4, -0.2) is 57.2 Å². The van der Waals surface area contributed by atoms with Crippen molar-refractivity contribution in [1.29, 1.82) is 0 Å².